The van der Waals surface area contributed by atoms with Gasteiger partial charge in [-0.25, -0.2) is 0 Å². The third kappa shape index (κ3) is 3.14. The van der Waals surface area contributed by atoms with E-state index in [0.717, 1.165) is 11.3 Å². The zero-order valence-corrected chi connectivity index (χ0v) is 12.4. The van der Waals surface area contributed by atoms with E-state index < -0.39 is 4.92 Å². The fourth-order valence-corrected chi connectivity index (χ4v) is 2.17. The van der Waals surface area contributed by atoms with Gasteiger partial charge in [-0.1, -0.05) is 17.7 Å². The van der Waals surface area contributed by atoms with Crippen LogP contribution in [0.2, 0.25) is 5.15 Å². The van der Waals surface area contributed by atoms with Crippen molar-refractivity contribution in [1.82, 2.24) is 9.78 Å². The molecule has 0 spiro atoms. The molecule has 0 aliphatic carbocycles. The van der Waals surface area contributed by atoms with E-state index in [-0.39, 0.29) is 24.6 Å². The molecule has 0 saturated carbocycles. The highest BCUT2D eigenvalue weighted by Crippen LogP contribution is 2.30. The Bertz CT molecular complexity index is 684. The molecule has 2 aromatic rings. The predicted octanol–water partition coefficient (Wildman–Crippen LogP) is 2.33. The Kier molecular flexibility index (Phi) is 4.44. The Morgan fingerprint density at radius 2 is 2.24 bits per heavy atom. The maximum absolute atomic E-state index is 11.0. The third-order valence-corrected chi connectivity index (χ3v) is 3.57. The SMILES string of the molecule is Cc1nn(C)c(Cl)c1COc1cc(CN)ccc1[N+](=O)[O-]. The van der Waals surface area contributed by atoms with Crippen molar-refractivity contribution in [3.8, 4) is 5.75 Å². The second-order valence-electron chi connectivity index (χ2n) is 4.53. The summed E-state index contributed by atoms with van der Waals surface area (Å²) in [5, 5.41) is 15.6. The van der Waals surface area contributed by atoms with Crippen molar-refractivity contribution < 1.29 is 9.66 Å². The zero-order chi connectivity index (χ0) is 15.6. The van der Waals surface area contributed by atoms with Crippen LogP contribution < -0.4 is 10.5 Å². The van der Waals surface area contributed by atoms with Crippen LogP contribution in [-0.4, -0.2) is 14.7 Å². The molecule has 0 saturated heterocycles. The van der Waals surface area contributed by atoms with Crippen LogP contribution in [-0.2, 0) is 20.2 Å². The molecule has 2 N–H and O–H groups in total. The Balaban J connectivity index is 2.28. The first kappa shape index (κ1) is 15.3. The van der Waals surface area contributed by atoms with Gasteiger partial charge in [-0.15, -0.1) is 0 Å². The van der Waals surface area contributed by atoms with E-state index in [0.29, 0.717) is 10.7 Å². The van der Waals surface area contributed by atoms with Crippen LogP contribution in [0, 0.1) is 17.0 Å². The van der Waals surface area contributed by atoms with Crippen LogP contribution >= 0.6 is 11.6 Å². The number of hydrogen-bond donors (Lipinski definition) is 1. The fraction of sp³-hybridized carbons (Fsp3) is 0.308. The van der Waals surface area contributed by atoms with Crippen LogP contribution in [0.3, 0.4) is 0 Å². The highest BCUT2D eigenvalue weighted by molar-refractivity contribution is 6.30. The minimum absolute atomic E-state index is 0.105. The molecule has 0 bridgehead atoms. The smallest absolute Gasteiger partial charge is 0.310 e. The number of aryl methyl sites for hydroxylation is 2. The summed E-state index contributed by atoms with van der Waals surface area (Å²) in [5.41, 5.74) is 7.61. The van der Waals surface area contributed by atoms with Gasteiger partial charge in [0.1, 0.15) is 11.8 Å². The number of nitro groups is 1. The summed E-state index contributed by atoms with van der Waals surface area (Å²) in [6.45, 7) is 2.18. The molecule has 1 aromatic heterocycles. The average Bonchev–Trinajstić information content (AvgIpc) is 2.69. The van der Waals surface area contributed by atoms with Gasteiger partial charge in [-0.2, -0.15) is 5.10 Å². The summed E-state index contributed by atoms with van der Waals surface area (Å²) in [7, 11) is 1.72. The van der Waals surface area contributed by atoms with Gasteiger partial charge in [-0.3, -0.25) is 14.8 Å². The van der Waals surface area contributed by atoms with Crippen molar-refractivity contribution in [2.24, 2.45) is 12.8 Å². The number of aromatic nitrogens is 2. The molecule has 0 unspecified atom stereocenters. The lowest BCUT2D eigenvalue weighted by Crippen LogP contribution is -2.03. The maximum Gasteiger partial charge on any atom is 0.310 e. The highest BCUT2D eigenvalue weighted by atomic mass is 35.5. The van der Waals surface area contributed by atoms with E-state index in [1.807, 2.05) is 0 Å². The largest absolute Gasteiger partial charge is 0.482 e. The van der Waals surface area contributed by atoms with Gasteiger partial charge in [0.2, 0.25) is 0 Å². The monoisotopic (exact) mass is 310 g/mol. The first-order chi connectivity index (χ1) is 9.93. The number of rotatable bonds is 5. The van der Waals surface area contributed by atoms with Crippen molar-refractivity contribution in [2.45, 2.75) is 20.1 Å². The molecule has 0 radical (unpaired) electrons. The van der Waals surface area contributed by atoms with E-state index in [9.17, 15) is 10.1 Å². The first-order valence-electron chi connectivity index (χ1n) is 6.22. The minimum atomic E-state index is -0.493. The average molecular weight is 311 g/mol. The molecule has 21 heavy (non-hydrogen) atoms. The lowest BCUT2D eigenvalue weighted by Gasteiger charge is -2.08. The number of nitrogens with zero attached hydrogens (tertiary/aromatic N) is 3. The van der Waals surface area contributed by atoms with Crippen molar-refractivity contribution in [3.05, 3.63) is 50.3 Å². The molecule has 1 heterocycles. The minimum Gasteiger partial charge on any atom is -0.482 e. The van der Waals surface area contributed by atoms with Gasteiger partial charge < -0.3 is 10.5 Å². The molecule has 0 aliphatic rings. The fourth-order valence-electron chi connectivity index (χ4n) is 1.94. The molecule has 1 aromatic carbocycles. The van der Waals surface area contributed by atoms with E-state index in [1.165, 1.54) is 10.7 Å². The molecule has 2 rings (SSSR count). The predicted molar refractivity (Wildman–Crippen MR) is 78.3 cm³/mol. The molecule has 7 nitrogen and oxygen atoms in total. The van der Waals surface area contributed by atoms with Gasteiger partial charge in [0.15, 0.2) is 5.75 Å². The number of ether oxygens (including phenoxy) is 1. The van der Waals surface area contributed by atoms with E-state index in [4.69, 9.17) is 22.1 Å². The molecule has 8 heteroatoms. The first-order valence-corrected chi connectivity index (χ1v) is 6.60. The molecule has 0 atom stereocenters. The molecular weight excluding hydrogens is 296 g/mol. The summed E-state index contributed by atoms with van der Waals surface area (Å²) < 4.78 is 7.10. The maximum atomic E-state index is 11.0. The van der Waals surface area contributed by atoms with Crippen LogP contribution in [0.1, 0.15) is 16.8 Å². The molecule has 0 aliphatic heterocycles. The Morgan fingerprint density at radius 3 is 2.76 bits per heavy atom. The number of benzene rings is 1. The van der Waals surface area contributed by atoms with Crippen LogP contribution in [0.4, 0.5) is 5.69 Å². The van der Waals surface area contributed by atoms with E-state index >= 15 is 0 Å². The summed E-state index contributed by atoms with van der Waals surface area (Å²) in [6.07, 6.45) is 0. The summed E-state index contributed by atoms with van der Waals surface area (Å²) in [4.78, 5) is 10.5. The van der Waals surface area contributed by atoms with Gasteiger partial charge >= 0.3 is 5.69 Å². The lowest BCUT2D eigenvalue weighted by atomic mass is 10.2. The van der Waals surface area contributed by atoms with Crippen molar-refractivity contribution in [2.75, 3.05) is 0 Å². The highest BCUT2D eigenvalue weighted by Gasteiger charge is 2.18. The van der Waals surface area contributed by atoms with Crippen LogP contribution in [0.5, 0.6) is 5.75 Å². The molecule has 0 fully saturated rings. The topological polar surface area (TPSA) is 96.2 Å². The normalized spacial score (nSPS) is 10.7. The van der Waals surface area contributed by atoms with Gasteiger partial charge in [0.25, 0.3) is 0 Å². The zero-order valence-electron chi connectivity index (χ0n) is 11.7. The lowest BCUT2D eigenvalue weighted by molar-refractivity contribution is -0.386. The number of nitrogens with two attached hydrogens (primary N) is 1. The van der Waals surface area contributed by atoms with Crippen molar-refractivity contribution in [1.29, 1.82) is 0 Å². The second-order valence-corrected chi connectivity index (χ2v) is 4.89. The molecule has 0 amide bonds. The standard InChI is InChI=1S/C13H15ClN4O3/c1-8-10(13(14)17(2)16-8)7-21-12-5-9(6-15)3-4-11(12)18(19)20/h3-5H,6-7,15H2,1-2H3. The molecular formula is C13H15ClN4O3. The summed E-state index contributed by atoms with van der Waals surface area (Å²) in [6, 6.07) is 4.56. The van der Waals surface area contributed by atoms with Gasteiger partial charge in [-0.05, 0) is 18.6 Å². The molecule has 112 valence electrons. The third-order valence-electron chi connectivity index (χ3n) is 3.10. The van der Waals surface area contributed by atoms with E-state index in [2.05, 4.69) is 5.10 Å². The van der Waals surface area contributed by atoms with E-state index in [1.54, 1.807) is 26.1 Å². The van der Waals surface area contributed by atoms with Crippen molar-refractivity contribution in [3.63, 3.8) is 0 Å². The number of nitro benzene ring substituents is 1. The summed E-state index contributed by atoms with van der Waals surface area (Å²) >= 11 is 6.11. The Hall–Kier alpha value is -2.12. The van der Waals surface area contributed by atoms with Gasteiger partial charge in [0, 0.05) is 25.2 Å². The van der Waals surface area contributed by atoms with Crippen LogP contribution in [0.15, 0.2) is 18.2 Å². The Labute approximate surface area is 126 Å². The van der Waals surface area contributed by atoms with Crippen LogP contribution in [0.25, 0.3) is 0 Å². The number of hydrogen-bond acceptors (Lipinski definition) is 5. The number of halogens is 1. The summed E-state index contributed by atoms with van der Waals surface area (Å²) in [5.74, 6) is 0.169. The van der Waals surface area contributed by atoms with Crippen molar-refractivity contribution >= 4 is 17.3 Å². The second kappa shape index (κ2) is 6.11. The van der Waals surface area contributed by atoms with Gasteiger partial charge in [0.05, 0.1) is 10.6 Å². The Morgan fingerprint density at radius 1 is 1.52 bits per heavy atom. The quantitative estimate of drug-likeness (QED) is 0.675.